The summed E-state index contributed by atoms with van der Waals surface area (Å²) >= 11 is 0. The van der Waals surface area contributed by atoms with E-state index in [9.17, 15) is 19.2 Å². The zero-order valence-corrected chi connectivity index (χ0v) is 49.9. The summed E-state index contributed by atoms with van der Waals surface area (Å²) in [6.45, 7) is 16.8. The van der Waals surface area contributed by atoms with Crippen LogP contribution in [0.5, 0.6) is 0 Å². The summed E-state index contributed by atoms with van der Waals surface area (Å²) in [6, 6.07) is 51.0. The Morgan fingerprint density at radius 1 is 0.588 bits per heavy atom. The molecule has 0 bridgehead atoms. The number of likely N-dealkylation sites (N-methyl/N-ethyl adjacent to an activating group) is 1. The maximum absolute atomic E-state index is 13.7. The molecule has 0 spiro atoms. The quantitative estimate of drug-likeness (QED) is 0.0479. The van der Waals surface area contributed by atoms with E-state index in [-0.39, 0.29) is 31.1 Å². The lowest BCUT2D eigenvalue weighted by molar-refractivity contribution is -0.0535. The first kappa shape index (κ1) is 58.7. The number of ether oxygens (including phenoxy) is 2. The van der Waals surface area contributed by atoms with Gasteiger partial charge in [-0.3, -0.25) is 28.7 Å². The highest BCUT2D eigenvalue weighted by Gasteiger charge is 2.55. The van der Waals surface area contributed by atoms with Crippen molar-refractivity contribution in [1.82, 2.24) is 24.4 Å². The lowest BCUT2D eigenvalue weighted by Crippen LogP contribution is -2.68. The molecule has 2 aliphatic heterocycles. The van der Waals surface area contributed by atoms with E-state index >= 15 is 0 Å². The number of benzene rings is 5. The van der Waals surface area contributed by atoms with Crippen LogP contribution in [0.25, 0.3) is 0 Å². The highest BCUT2D eigenvalue weighted by atomic mass is 31.2. The van der Waals surface area contributed by atoms with Gasteiger partial charge in [0.05, 0.1) is 25.4 Å². The molecule has 8 atom stereocenters. The number of hydrogen-bond donors (Lipinski definition) is 3. The van der Waals surface area contributed by atoms with Crippen LogP contribution in [-0.4, -0.2) is 87.0 Å². The fourth-order valence-electron chi connectivity index (χ4n) is 11.3. The van der Waals surface area contributed by atoms with Crippen molar-refractivity contribution in [1.29, 1.82) is 0 Å². The lowest BCUT2D eigenvalue weighted by Gasteiger charge is -2.45. The van der Waals surface area contributed by atoms with Crippen LogP contribution in [0.15, 0.2) is 183 Å². The average Bonchev–Trinajstić information content (AvgIpc) is 4.20. The molecule has 7 aromatic rings. The van der Waals surface area contributed by atoms with E-state index < -0.39 is 95.7 Å². The highest BCUT2D eigenvalue weighted by Crippen LogP contribution is 2.51. The predicted molar refractivity (Wildman–Crippen MR) is 317 cm³/mol. The van der Waals surface area contributed by atoms with E-state index in [2.05, 4.69) is 105 Å². The summed E-state index contributed by atoms with van der Waals surface area (Å²) in [6.07, 6.45) is -1.90. The van der Waals surface area contributed by atoms with Crippen molar-refractivity contribution in [2.24, 2.45) is 0 Å². The molecule has 9 rings (SSSR count). The van der Waals surface area contributed by atoms with Crippen LogP contribution in [0.3, 0.4) is 0 Å². The largest absolute Gasteiger partial charge is 0.405 e. The third-order valence-corrected chi connectivity index (χ3v) is 26.5. The number of H-pyrrole nitrogens is 2. The second kappa shape index (κ2) is 25.0. The zero-order valence-electron chi connectivity index (χ0n) is 47.0. The standard InChI is InChI=1S/C61H74N5O11PSi2/c1-42-38-65(58(69)63-56(42)67)54-35-49(53(74-54)41-72-79(60(3,4)5,45-27-17-11-18-28-45)46-29-19-12-20-30-46)75-78(76-51(37-62-9)44-25-15-10-16-26-44)71-40-52-50(36-55(73-52)66-39-43(2)57(68)64-59(66)70)77-80(61(6,7)8,47-31-21-13-22-32-47)48-33-23-14-24-34-48/h10-34,38-39,49-55,62H,35-37,40-41H2,1-9H3,(H,63,67,69)(H,64,68,70)/t49-,50-,51+,52+,53+,54+,55+,78?/m0/s1. The molecule has 0 radical (unpaired) electrons. The van der Waals surface area contributed by atoms with Gasteiger partial charge in [-0.1, -0.05) is 193 Å². The van der Waals surface area contributed by atoms with Gasteiger partial charge >= 0.3 is 20.0 Å². The Morgan fingerprint density at radius 2 is 0.988 bits per heavy atom. The second-order valence-electron chi connectivity index (χ2n) is 22.7. The first-order valence-electron chi connectivity index (χ1n) is 27.3. The van der Waals surface area contributed by atoms with Gasteiger partial charge in [0.25, 0.3) is 27.8 Å². The minimum atomic E-state index is -3.26. The molecule has 2 fully saturated rings. The molecule has 0 amide bonds. The molecule has 80 heavy (non-hydrogen) atoms. The van der Waals surface area contributed by atoms with Crippen LogP contribution in [0.1, 0.15) is 89.6 Å². The number of rotatable bonds is 21. The Hall–Kier alpha value is -6.00. The van der Waals surface area contributed by atoms with Gasteiger partial charge in [0.2, 0.25) is 0 Å². The fourth-order valence-corrected chi connectivity index (χ4v) is 21.8. The summed E-state index contributed by atoms with van der Waals surface area (Å²) in [5.41, 5.74) is -0.629. The Balaban J connectivity index is 1.12. The Bertz CT molecular complexity index is 3320. The van der Waals surface area contributed by atoms with Gasteiger partial charge in [0.1, 0.15) is 30.8 Å². The molecule has 0 aliphatic carbocycles. The van der Waals surface area contributed by atoms with Crippen LogP contribution in [0.4, 0.5) is 0 Å². The summed E-state index contributed by atoms with van der Waals surface area (Å²) < 4.78 is 53.3. The van der Waals surface area contributed by atoms with E-state index in [1.807, 2.05) is 110 Å². The Kier molecular flexibility index (Phi) is 18.3. The molecular weight excluding hydrogens is 1070 g/mol. The van der Waals surface area contributed by atoms with Gasteiger partial charge in [-0.15, -0.1) is 0 Å². The molecule has 1 unspecified atom stereocenters. The van der Waals surface area contributed by atoms with Crippen LogP contribution < -0.4 is 48.6 Å². The van der Waals surface area contributed by atoms with Crippen molar-refractivity contribution >= 4 is 46.0 Å². The van der Waals surface area contributed by atoms with Gasteiger partial charge in [-0.25, -0.2) is 9.59 Å². The van der Waals surface area contributed by atoms with E-state index in [0.717, 1.165) is 26.3 Å². The molecule has 19 heteroatoms. The minimum Gasteiger partial charge on any atom is -0.405 e. The third-order valence-electron chi connectivity index (χ3n) is 15.2. The maximum atomic E-state index is 13.7. The topological polar surface area (TPSA) is 186 Å². The number of aromatic nitrogens is 4. The first-order chi connectivity index (χ1) is 38.3. The van der Waals surface area contributed by atoms with E-state index in [1.54, 1.807) is 13.8 Å². The molecule has 2 aliphatic rings. The van der Waals surface area contributed by atoms with Crippen LogP contribution >= 0.6 is 8.60 Å². The number of nitrogens with zero attached hydrogens (tertiary/aromatic N) is 2. The first-order valence-corrected chi connectivity index (χ1v) is 32.2. The third kappa shape index (κ3) is 12.4. The summed E-state index contributed by atoms with van der Waals surface area (Å²) in [7, 11) is -6.91. The van der Waals surface area contributed by atoms with Crippen LogP contribution in [0.2, 0.25) is 10.1 Å². The SMILES string of the molecule is CNC[C@@H](OP(OC[C@H]1O[C@@H](n2cc(C)c(=O)[nH]c2=O)C[C@@H]1O[Si](c1ccccc1)(c1ccccc1)C(C)(C)C)O[C@H]1C[C@H](n2cc(C)c(=O)[nH]c2=O)O[C@@H]1CO[Si](c1ccccc1)(c1ccccc1)C(C)(C)C)c1ccccc1. The summed E-state index contributed by atoms with van der Waals surface area (Å²) in [4.78, 5) is 57.7. The molecule has 422 valence electrons. The molecule has 16 nitrogen and oxygen atoms in total. The summed E-state index contributed by atoms with van der Waals surface area (Å²) in [5.74, 6) is 0. The average molecular weight is 1140 g/mol. The smallest absolute Gasteiger partial charge is 0.333 e. The Labute approximate surface area is 470 Å². The van der Waals surface area contributed by atoms with E-state index in [0.29, 0.717) is 17.7 Å². The van der Waals surface area contributed by atoms with Gasteiger partial charge in [-0.05, 0) is 57.3 Å². The van der Waals surface area contributed by atoms with E-state index in [1.165, 1.54) is 21.5 Å². The minimum absolute atomic E-state index is 0.0580. The van der Waals surface area contributed by atoms with Crippen molar-refractivity contribution in [2.45, 2.75) is 121 Å². The molecule has 4 heterocycles. The van der Waals surface area contributed by atoms with Crippen molar-refractivity contribution in [3.05, 3.63) is 222 Å². The van der Waals surface area contributed by atoms with Gasteiger partial charge in [0.15, 0.2) is 0 Å². The van der Waals surface area contributed by atoms with Crippen molar-refractivity contribution in [2.75, 3.05) is 26.8 Å². The van der Waals surface area contributed by atoms with E-state index in [4.69, 9.17) is 31.9 Å². The predicted octanol–water partition coefficient (Wildman–Crippen LogP) is 7.41. The monoisotopic (exact) mass is 1140 g/mol. The molecular formula is C61H74N5O11PSi2. The van der Waals surface area contributed by atoms with Crippen molar-refractivity contribution < 1.29 is 31.9 Å². The van der Waals surface area contributed by atoms with Crippen LogP contribution in [0, 0.1) is 13.8 Å². The zero-order chi connectivity index (χ0) is 56.8. The molecule has 3 N–H and O–H groups in total. The molecule has 0 saturated carbocycles. The van der Waals surface area contributed by atoms with Crippen molar-refractivity contribution in [3.8, 4) is 0 Å². The number of aromatic amines is 2. The van der Waals surface area contributed by atoms with Gasteiger partial charge in [0, 0.05) is 42.9 Å². The Morgan fingerprint density at radius 3 is 1.41 bits per heavy atom. The molecule has 2 aromatic heterocycles. The number of hydrogen-bond acceptors (Lipinski definition) is 12. The normalized spacial score (nSPS) is 20.7. The maximum Gasteiger partial charge on any atom is 0.333 e. The van der Waals surface area contributed by atoms with Crippen LogP contribution in [-0.2, 0) is 31.9 Å². The van der Waals surface area contributed by atoms with Gasteiger partial charge < -0.3 is 37.2 Å². The van der Waals surface area contributed by atoms with Gasteiger partial charge in [-0.2, -0.15) is 0 Å². The highest BCUT2D eigenvalue weighted by molar-refractivity contribution is 7.41. The van der Waals surface area contributed by atoms with Crippen molar-refractivity contribution in [3.63, 3.8) is 0 Å². The fraction of sp³-hybridized carbons (Fsp3) is 0.377. The summed E-state index contributed by atoms with van der Waals surface area (Å²) in [5, 5.41) is 6.76. The number of aryl methyl sites for hydroxylation is 2. The molecule has 5 aromatic carbocycles. The lowest BCUT2D eigenvalue weighted by atomic mass is 10.1. The second-order valence-corrected chi connectivity index (χ2v) is 32.4. The number of nitrogens with one attached hydrogen (secondary N) is 3. The molecule has 2 saturated heterocycles.